The van der Waals surface area contributed by atoms with E-state index in [1.165, 1.54) is 16.9 Å². The number of benzene rings is 2. The molecule has 0 atom stereocenters. The van der Waals surface area contributed by atoms with E-state index in [4.69, 9.17) is 11.6 Å². The van der Waals surface area contributed by atoms with E-state index in [0.717, 1.165) is 5.56 Å². The molecule has 1 N–H and O–H groups in total. The maximum Gasteiger partial charge on any atom is 0.259 e. The number of nitrogens with one attached hydrogen (secondary N) is 1. The molecule has 3 rings (SSSR count). The molecular formula is C18H15ClFN3O. The van der Waals surface area contributed by atoms with Gasteiger partial charge < -0.3 is 5.32 Å². The van der Waals surface area contributed by atoms with Crippen LogP contribution in [0.3, 0.4) is 0 Å². The van der Waals surface area contributed by atoms with Gasteiger partial charge in [-0.05, 0) is 49.7 Å². The maximum atomic E-state index is 13.9. The van der Waals surface area contributed by atoms with Gasteiger partial charge in [0.25, 0.3) is 5.91 Å². The first-order chi connectivity index (χ1) is 11.5. The van der Waals surface area contributed by atoms with Crippen LogP contribution in [-0.4, -0.2) is 15.7 Å². The molecule has 1 heterocycles. The molecule has 0 fully saturated rings. The molecule has 1 aromatic heterocycles. The number of hydrogen-bond donors (Lipinski definition) is 1. The molecule has 0 aliphatic rings. The summed E-state index contributed by atoms with van der Waals surface area (Å²) in [6.45, 7) is 3.58. The van der Waals surface area contributed by atoms with E-state index in [0.29, 0.717) is 27.7 Å². The molecule has 0 saturated heterocycles. The predicted molar refractivity (Wildman–Crippen MR) is 92.4 cm³/mol. The zero-order chi connectivity index (χ0) is 17.3. The van der Waals surface area contributed by atoms with E-state index in [1.807, 2.05) is 6.92 Å². The molecule has 24 heavy (non-hydrogen) atoms. The van der Waals surface area contributed by atoms with Gasteiger partial charge in [0, 0.05) is 10.7 Å². The van der Waals surface area contributed by atoms with Gasteiger partial charge in [-0.3, -0.25) is 4.79 Å². The smallest absolute Gasteiger partial charge is 0.259 e. The van der Waals surface area contributed by atoms with Crippen LogP contribution in [0.2, 0.25) is 5.02 Å². The highest BCUT2D eigenvalue weighted by atomic mass is 35.5. The van der Waals surface area contributed by atoms with Crippen molar-refractivity contribution in [3.63, 3.8) is 0 Å². The molecule has 0 radical (unpaired) electrons. The van der Waals surface area contributed by atoms with Gasteiger partial charge >= 0.3 is 0 Å². The fraction of sp³-hybridized carbons (Fsp3) is 0.111. The van der Waals surface area contributed by atoms with Gasteiger partial charge in [-0.25, -0.2) is 9.07 Å². The van der Waals surface area contributed by atoms with Crippen molar-refractivity contribution < 1.29 is 9.18 Å². The van der Waals surface area contributed by atoms with Crippen molar-refractivity contribution in [2.24, 2.45) is 0 Å². The number of carbonyl (C=O) groups is 1. The summed E-state index contributed by atoms with van der Waals surface area (Å²) in [5.74, 6) is -0.704. The first-order valence-electron chi connectivity index (χ1n) is 7.34. The third kappa shape index (κ3) is 3.03. The van der Waals surface area contributed by atoms with Crippen LogP contribution in [-0.2, 0) is 0 Å². The average Bonchev–Trinajstić information content (AvgIpc) is 2.92. The lowest BCUT2D eigenvalue weighted by Gasteiger charge is -2.09. The number of amides is 1. The molecule has 0 bridgehead atoms. The van der Waals surface area contributed by atoms with Crippen molar-refractivity contribution in [1.29, 1.82) is 0 Å². The Kier molecular flexibility index (Phi) is 4.36. The summed E-state index contributed by atoms with van der Waals surface area (Å²) in [4.78, 5) is 12.5. The highest BCUT2D eigenvalue weighted by Crippen LogP contribution is 2.22. The van der Waals surface area contributed by atoms with E-state index in [-0.39, 0.29) is 5.91 Å². The third-order valence-corrected chi connectivity index (χ3v) is 4.01. The van der Waals surface area contributed by atoms with Gasteiger partial charge in [-0.2, -0.15) is 5.10 Å². The third-order valence-electron chi connectivity index (χ3n) is 3.77. The summed E-state index contributed by atoms with van der Waals surface area (Å²) in [7, 11) is 0. The molecular weight excluding hydrogens is 329 g/mol. The van der Waals surface area contributed by atoms with Crippen LogP contribution in [0.15, 0.2) is 48.7 Å². The highest BCUT2D eigenvalue weighted by Gasteiger charge is 2.17. The molecule has 0 spiro atoms. The van der Waals surface area contributed by atoms with Gasteiger partial charge in [-0.1, -0.05) is 23.7 Å². The van der Waals surface area contributed by atoms with Crippen molar-refractivity contribution in [1.82, 2.24) is 9.78 Å². The average molecular weight is 344 g/mol. The van der Waals surface area contributed by atoms with E-state index < -0.39 is 5.82 Å². The van der Waals surface area contributed by atoms with Crippen LogP contribution in [0.4, 0.5) is 10.1 Å². The molecule has 0 unspecified atom stereocenters. The topological polar surface area (TPSA) is 46.9 Å². The summed E-state index contributed by atoms with van der Waals surface area (Å²) in [5, 5.41) is 7.58. The zero-order valence-corrected chi connectivity index (χ0v) is 13.9. The van der Waals surface area contributed by atoms with E-state index in [9.17, 15) is 9.18 Å². The lowest BCUT2D eigenvalue weighted by Crippen LogP contribution is -2.14. The largest absolute Gasteiger partial charge is 0.322 e. The molecule has 0 aliphatic heterocycles. The monoisotopic (exact) mass is 343 g/mol. The zero-order valence-electron chi connectivity index (χ0n) is 13.2. The van der Waals surface area contributed by atoms with Crippen LogP contribution < -0.4 is 5.32 Å². The number of aryl methyl sites for hydroxylation is 1. The second-order valence-electron chi connectivity index (χ2n) is 5.42. The van der Waals surface area contributed by atoms with Gasteiger partial charge in [0.05, 0.1) is 17.5 Å². The Balaban J connectivity index is 1.91. The molecule has 6 heteroatoms. The molecule has 2 aromatic carbocycles. The van der Waals surface area contributed by atoms with Crippen LogP contribution in [0.25, 0.3) is 5.69 Å². The number of anilines is 1. The van der Waals surface area contributed by atoms with E-state index in [1.54, 1.807) is 43.3 Å². The fourth-order valence-corrected chi connectivity index (χ4v) is 2.68. The van der Waals surface area contributed by atoms with Crippen LogP contribution in [0.5, 0.6) is 0 Å². The fourth-order valence-electron chi connectivity index (χ4n) is 2.46. The van der Waals surface area contributed by atoms with E-state index in [2.05, 4.69) is 10.4 Å². The van der Waals surface area contributed by atoms with Crippen molar-refractivity contribution in [2.45, 2.75) is 13.8 Å². The molecule has 4 nitrogen and oxygen atoms in total. The highest BCUT2D eigenvalue weighted by molar-refractivity contribution is 6.30. The van der Waals surface area contributed by atoms with E-state index >= 15 is 0 Å². The Hall–Kier alpha value is -2.66. The molecule has 122 valence electrons. The molecule has 0 aliphatic carbocycles. The van der Waals surface area contributed by atoms with Crippen molar-refractivity contribution in [3.05, 3.63) is 76.3 Å². The van der Waals surface area contributed by atoms with Crippen LogP contribution >= 0.6 is 11.6 Å². The minimum absolute atomic E-state index is 0.303. The Morgan fingerprint density at radius 3 is 2.67 bits per heavy atom. The SMILES string of the molecule is Cc1cc(Cl)ccc1NC(=O)c1cnn(-c2ccccc2F)c1C. The van der Waals surface area contributed by atoms with Gasteiger partial charge in [0.15, 0.2) is 0 Å². The summed E-state index contributed by atoms with van der Waals surface area (Å²) >= 11 is 5.92. The van der Waals surface area contributed by atoms with Crippen molar-refractivity contribution in [3.8, 4) is 5.69 Å². The second-order valence-corrected chi connectivity index (χ2v) is 5.86. The van der Waals surface area contributed by atoms with Gasteiger partial charge in [-0.15, -0.1) is 0 Å². The minimum Gasteiger partial charge on any atom is -0.322 e. The number of hydrogen-bond acceptors (Lipinski definition) is 2. The van der Waals surface area contributed by atoms with Gasteiger partial charge in [0.2, 0.25) is 0 Å². The summed E-state index contributed by atoms with van der Waals surface area (Å²) in [6.07, 6.45) is 1.43. The van der Waals surface area contributed by atoms with Crippen LogP contribution in [0.1, 0.15) is 21.6 Å². The first kappa shape index (κ1) is 16.2. The van der Waals surface area contributed by atoms with Crippen molar-refractivity contribution in [2.75, 3.05) is 5.32 Å². The predicted octanol–water partition coefficient (Wildman–Crippen LogP) is 4.53. The van der Waals surface area contributed by atoms with Crippen molar-refractivity contribution >= 4 is 23.2 Å². The quantitative estimate of drug-likeness (QED) is 0.759. The molecule has 3 aromatic rings. The Morgan fingerprint density at radius 2 is 1.96 bits per heavy atom. The lowest BCUT2D eigenvalue weighted by molar-refractivity contribution is 0.102. The summed E-state index contributed by atoms with van der Waals surface area (Å²) in [5.41, 5.74) is 2.77. The number of halogens is 2. The first-order valence-corrected chi connectivity index (χ1v) is 7.72. The standard InChI is InChI=1S/C18H15ClFN3O/c1-11-9-13(19)7-8-16(11)22-18(24)14-10-21-23(12(14)2)17-6-4-3-5-15(17)20/h3-10H,1-2H3,(H,22,24). The Labute approximate surface area is 143 Å². The van der Waals surface area contributed by atoms with Crippen LogP contribution in [0, 0.1) is 19.7 Å². The molecule has 1 amide bonds. The number of nitrogens with zero attached hydrogens (tertiary/aromatic N) is 2. The summed E-state index contributed by atoms with van der Waals surface area (Å²) < 4.78 is 15.3. The number of carbonyl (C=O) groups excluding carboxylic acids is 1. The Bertz CT molecular complexity index is 920. The van der Waals surface area contributed by atoms with Gasteiger partial charge in [0.1, 0.15) is 11.5 Å². The number of rotatable bonds is 3. The maximum absolute atomic E-state index is 13.9. The number of para-hydroxylation sites is 1. The minimum atomic E-state index is -0.399. The summed E-state index contributed by atoms with van der Waals surface area (Å²) in [6, 6.07) is 11.5. The molecule has 0 saturated carbocycles. The lowest BCUT2D eigenvalue weighted by atomic mass is 10.2. The normalized spacial score (nSPS) is 10.7. The number of aromatic nitrogens is 2. The Morgan fingerprint density at radius 1 is 1.21 bits per heavy atom. The second kappa shape index (κ2) is 6.45.